The first kappa shape index (κ1) is 10.5. The Kier molecular flexibility index (Phi) is 2.99. The van der Waals surface area contributed by atoms with Gasteiger partial charge in [0.15, 0.2) is 0 Å². The Hall–Kier alpha value is -0.980. The molecular formula is C14H20O. The van der Waals surface area contributed by atoms with Gasteiger partial charge >= 0.3 is 0 Å². The second-order valence-corrected chi connectivity index (χ2v) is 4.81. The maximum atomic E-state index is 10.2. The highest BCUT2D eigenvalue weighted by Gasteiger charge is 2.23. The highest BCUT2D eigenvalue weighted by atomic mass is 16.3. The van der Waals surface area contributed by atoms with Crippen LogP contribution in [0.5, 0.6) is 5.75 Å². The minimum Gasteiger partial charge on any atom is -0.507 e. The van der Waals surface area contributed by atoms with Crippen LogP contribution in [-0.4, -0.2) is 5.11 Å². The zero-order valence-electron chi connectivity index (χ0n) is 9.66. The van der Waals surface area contributed by atoms with Gasteiger partial charge in [0.25, 0.3) is 0 Å². The van der Waals surface area contributed by atoms with Crippen LogP contribution in [0.3, 0.4) is 0 Å². The molecule has 0 radical (unpaired) electrons. The molecule has 1 aromatic carbocycles. The molecule has 1 heteroatoms. The Morgan fingerprint density at radius 1 is 1.40 bits per heavy atom. The van der Waals surface area contributed by atoms with E-state index in [1.807, 2.05) is 0 Å². The van der Waals surface area contributed by atoms with Crippen molar-refractivity contribution in [2.45, 2.75) is 45.4 Å². The van der Waals surface area contributed by atoms with Crippen molar-refractivity contribution in [3.8, 4) is 5.75 Å². The van der Waals surface area contributed by atoms with Gasteiger partial charge in [-0.3, -0.25) is 0 Å². The molecule has 1 unspecified atom stereocenters. The van der Waals surface area contributed by atoms with E-state index in [1.54, 1.807) is 0 Å². The van der Waals surface area contributed by atoms with Gasteiger partial charge in [-0.1, -0.05) is 32.0 Å². The van der Waals surface area contributed by atoms with E-state index in [9.17, 15) is 5.11 Å². The highest BCUT2D eigenvalue weighted by Crippen LogP contribution is 2.37. The van der Waals surface area contributed by atoms with Gasteiger partial charge in [0.05, 0.1) is 0 Å². The van der Waals surface area contributed by atoms with Crippen LogP contribution >= 0.6 is 0 Å². The van der Waals surface area contributed by atoms with Crippen molar-refractivity contribution in [2.75, 3.05) is 0 Å². The van der Waals surface area contributed by atoms with Gasteiger partial charge in [-0.05, 0) is 48.6 Å². The van der Waals surface area contributed by atoms with E-state index in [0.717, 1.165) is 29.9 Å². The molecule has 1 N–H and O–H groups in total. The average Bonchev–Trinajstić information content (AvgIpc) is 3.04. The van der Waals surface area contributed by atoms with Gasteiger partial charge < -0.3 is 5.11 Å². The van der Waals surface area contributed by atoms with E-state index in [-0.39, 0.29) is 0 Å². The first-order valence-corrected chi connectivity index (χ1v) is 6.03. The molecule has 1 fully saturated rings. The van der Waals surface area contributed by atoms with Crippen molar-refractivity contribution < 1.29 is 5.11 Å². The van der Waals surface area contributed by atoms with E-state index in [2.05, 4.69) is 32.0 Å². The molecule has 1 atom stereocenters. The first-order chi connectivity index (χ1) is 7.22. The summed E-state index contributed by atoms with van der Waals surface area (Å²) in [5.74, 6) is 1.85. The molecule has 0 heterocycles. The van der Waals surface area contributed by atoms with Crippen molar-refractivity contribution >= 4 is 0 Å². The third-order valence-corrected chi connectivity index (χ3v) is 3.50. The monoisotopic (exact) mass is 204 g/mol. The Labute approximate surface area is 92.1 Å². The van der Waals surface area contributed by atoms with E-state index in [4.69, 9.17) is 0 Å². The number of phenolic OH excluding ortho intramolecular Hbond substituents is 1. The van der Waals surface area contributed by atoms with Crippen LogP contribution in [0, 0.1) is 5.92 Å². The summed E-state index contributed by atoms with van der Waals surface area (Å²) in [7, 11) is 0. The Morgan fingerprint density at radius 2 is 2.13 bits per heavy atom. The van der Waals surface area contributed by atoms with Crippen LogP contribution in [0.2, 0.25) is 0 Å². The lowest BCUT2D eigenvalue weighted by atomic mass is 9.94. The number of benzene rings is 1. The maximum Gasteiger partial charge on any atom is 0.122 e. The highest BCUT2D eigenvalue weighted by molar-refractivity contribution is 5.42. The average molecular weight is 204 g/mol. The lowest BCUT2D eigenvalue weighted by molar-refractivity contribution is 0.453. The molecule has 1 nitrogen and oxygen atoms in total. The number of para-hydroxylation sites is 1. The molecule has 2 rings (SSSR count). The van der Waals surface area contributed by atoms with Gasteiger partial charge in [0.2, 0.25) is 0 Å². The zero-order chi connectivity index (χ0) is 10.8. The van der Waals surface area contributed by atoms with Gasteiger partial charge in [0.1, 0.15) is 5.75 Å². The number of rotatable bonds is 4. The predicted octanol–water partition coefficient (Wildman–Crippen LogP) is 3.86. The Bertz CT molecular complexity index is 339. The van der Waals surface area contributed by atoms with Crippen LogP contribution in [0.4, 0.5) is 0 Å². The largest absolute Gasteiger partial charge is 0.507 e. The molecule has 0 saturated heterocycles. The molecule has 0 amide bonds. The quantitative estimate of drug-likeness (QED) is 0.789. The fourth-order valence-electron chi connectivity index (χ4n) is 2.03. The number of aromatic hydroxyl groups is 1. The molecule has 1 aliphatic rings. The normalized spacial score (nSPS) is 17.7. The van der Waals surface area contributed by atoms with Crippen LogP contribution < -0.4 is 0 Å². The molecule has 0 aliphatic heterocycles. The maximum absolute atomic E-state index is 10.2. The summed E-state index contributed by atoms with van der Waals surface area (Å²) in [5, 5.41) is 10.2. The lowest BCUT2D eigenvalue weighted by Gasteiger charge is -2.14. The van der Waals surface area contributed by atoms with Crippen LogP contribution in [0.1, 0.15) is 50.2 Å². The summed E-state index contributed by atoms with van der Waals surface area (Å²) >= 11 is 0. The fraction of sp³-hybridized carbons (Fsp3) is 0.571. The van der Waals surface area contributed by atoms with Gasteiger partial charge in [0, 0.05) is 0 Å². The van der Waals surface area contributed by atoms with Gasteiger partial charge in [-0.2, -0.15) is 0 Å². The van der Waals surface area contributed by atoms with Crippen molar-refractivity contribution in [2.24, 2.45) is 5.92 Å². The van der Waals surface area contributed by atoms with Crippen molar-refractivity contribution in [3.05, 3.63) is 29.3 Å². The van der Waals surface area contributed by atoms with Gasteiger partial charge in [-0.25, -0.2) is 0 Å². The Balaban J connectivity index is 2.23. The van der Waals surface area contributed by atoms with E-state index < -0.39 is 0 Å². The van der Waals surface area contributed by atoms with E-state index in [0.29, 0.717) is 11.7 Å². The molecular weight excluding hydrogens is 184 g/mol. The summed E-state index contributed by atoms with van der Waals surface area (Å²) in [6, 6.07) is 6.21. The minimum absolute atomic E-state index is 0.462. The second kappa shape index (κ2) is 4.26. The van der Waals surface area contributed by atoms with Crippen LogP contribution in [-0.2, 0) is 6.42 Å². The molecule has 15 heavy (non-hydrogen) atoms. The summed E-state index contributed by atoms with van der Waals surface area (Å²) in [5.41, 5.74) is 2.27. The molecule has 0 bridgehead atoms. The standard InChI is InChI=1S/C14H20O/c1-3-10(2)13-6-4-5-12(14(13)15)9-11-7-8-11/h4-6,10-11,15H,3,7-9H2,1-2H3. The minimum atomic E-state index is 0.462. The fourth-order valence-corrected chi connectivity index (χ4v) is 2.03. The molecule has 82 valence electrons. The van der Waals surface area contributed by atoms with Gasteiger partial charge in [-0.15, -0.1) is 0 Å². The summed E-state index contributed by atoms with van der Waals surface area (Å²) in [4.78, 5) is 0. The molecule has 1 aliphatic carbocycles. The molecule has 1 aromatic rings. The summed E-state index contributed by atoms with van der Waals surface area (Å²) < 4.78 is 0. The number of phenols is 1. The van der Waals surface area contributed by atoms with Crippen LogP contribution in [0.15, 0.2) is 18.2 Å². The van der Waals surface area contributed by atoms with Crippen LogP contribution in [0.25, 0.3) is 0 Å². The summed E-state index contributed by atoms with van der Waals surface area (Å²) in [6.07, 6.45) is 4.83. The Morgan fingerprint density at radius 3 is 2.73 bits per heavy atom. The van der Waals surface area contributed by atoms with Crippen molar-refractivity contribution in [3.63, 3.8) is 0 Å². The zero-order valence-corrected chi connectivity index (χ0v) is 9.66. The van der Waals surface area contributed by atoms with Crippen molar-refractivity contribution in [1.82, 2.24) is 0 Å². The molecule has 1 saturated carbocycles. The van der Waals surface area contributed by atoms with E-state index >= 15 is 0 Å². The SMILES string of the molecule is CCC(C)c1cccc(CC2CC2)c1O. The smallest absolute Gasteiger partial charge is 0.122 e. The van der Waals surface area contributed by atoms with Crippen molar-refractivity contribution in [1.29, 1.82) is 0 Å². The molecule has 0 aromatic heterocycles. The van der Waals surface area contributed by atoms with E-state index in [1.165, 1.54) is 12.8 Å². The number of hydrogen-bond acceptors (Lipinski definition) is 1. The third-order valence-electron chi connectivity index (χ3n) is 3.50. The molecule has 0 spiro atoms. The second-order valence-electron chi connectivity index (χ2n) is 4.81. The first-order valence-electron chi connectivity index (χ1n) is 6.03. The summed E-state index contributed by atoms with van der Waals surface area (Å²) in [6.45, 7) is 4.34. The topological polar surface area (TPSA) is 20.2 Å². The third kappa shape index (κ3) is 2.34. The predicted molar refractivity (Wildman–Crippen MR) is 63.2 cm³/mol. The lowest BCUT2D eigenvalue weighted by Crippen LogP contribution is -1.96. The number of hydrogen-bond donors (Lipinski definition) is 1.